The SMILES string of the molecule is Cc1cc(C)nc(NS(=O)(=O)c2ccc(F)c(N)c2F)c1. The molecule has 0 fully saturated rings. The highest BCUT2D eigenvalue weighted by Crippen LogP contribution is 2.24. The molecule has 21 heavy (non-hydrogen) atoms. The highest BCUT2D eigenvalue weighted by molar-refractivity contribution is 7.92. The Kier molecular flexibility index (Phi) is 3.82. The molecule has 1 aromatic carbocycles. The summed E-state index contributed by atoms with van der Waals surface area (Å²) in [5.41, 5.74) is 5.72. The number of anilines is 2. The molecule has 0 saturated carbocycles. The van der Waals surface area contributed by atoms with Gasteiger partial charge in [-0.25, -0.2) is 22.2 Å². The summed E-state index contributed by atoms with van der Waals surface area (Å²) < 4.78 is 53.3. The van der Waals surface area contributed by atoms with Crippen LogP contribution in [0.3, 0.4) is 0 Å². The Labute approximate surface area is 120 Å². The molecule has 5 nitrogen and oxygen atoms in total. The van der Waals surface area contributed by atoms with E-state index in [2.05, 4.69) is 9.71 Å². The van der Waals surface area contributed by atoms with Gasteiger partial charge in [0.2, 0.25) is 0 Å². The summed E-state index contributed by atoms with van der Waals surface area (Å²) >= 11 is 0. The molecule has 0 spiro atoms. The van der Waals surface area contributed by atoms with Gasteiger partial charge in [0.25, 0.3) is 10.0 Å². The number of nitrogens with zero attached hydrogens (tertiary/aromatic N) is 1. The van der Waals surface area contributed by atoms with Gasteiger partial charge in [-0.15, -0.1) is 0 Å². The van der Waals surface area contributed by atoms with Crippen molar-refractivity contribution in [1.82, 2.24) is 4.98 Å². The van der Waals surface area contributed by atoms with Gasteiger partial charge >= 0.3 is 0 Å². The third-order valence-electron chi connectivity index (χ3n) is 2.72. The van der Waals surface area contributed by atoms with E-state index in [4.69, 9.17) is 5.73 Å². The first kappa shape index (κ1) is 15.2. The zero-order chi connectivity index (χ0) is 15.8. The van der Waals surface area contributed by atoms with E-state index in [-0.39, 0.29) is 5.82 Å². The standard InChI is InChI=1S/C13H13F2N3O2S/c1-7-5-8(2)17-11(6-7)18-21(19,20)10-4-3-9(14)13(16)12(10)15/h3-6H,16H2,1-2H3,(H,17,18). The number of halogens is 2. The first-order valence-electron chi connectivity index (χ1n) is 5.92. The van der Waals surface area contributed by atoms with E-state index in [0.717, 1.165) is 17.7 Å². The minimum absolute atomic E-state index is 0.0507. The molecule has 0 amide bonds. The van der Waals surface area contributed by atoms with Gasteiger partial charge in [0, 0.05) is 5.69 Å². The smallest absolute Gasteiger partial charge is 0.266 e. The van der Waals surface area contributed by atoms with Gasteiger partial charge in [-0.3, -0.25) is 4.72 Å². The summed E-state index contributed by atoms with van der Waals surface area (Å²) in [6.07, 6.45) is 0. The van der Waals surface area contributed by atoms with Crippen molar-refractivity contribution >= 4 is 21.5 Å². The Bertz CT molecular complexity index is 787. The van der Waals surface area contributed by atoms with Crippen LogP contribution in [0.1, 0.15) is 11.3 Å². The maximum Gasteiger partial charge on any atom is 0.266 e. The maximum absolute atomic E-state index is 13.8. The van der Waals surface area contributed by atoms with Gasteiger partial charge in [-0.05, 0) is 43.7 Å². The van der Waals surface area contributed by atoms with Crippen LogP contribution in [0.15, 0.2) is 29.2 Å². The third kappa shape index (κ3) is 3.10. The Morgan fingerprint density at radius 1 is 1.19 bits per heavy atom. The number of benzene rings is 1. The van der Waals surface area contributed by atoms with Gasteiger partial charge in [0.05, 0.1) is 0 Å². The van der Waals surface area contributed by atoms with Gasteiger partial charge in [0.1, 0.15) is 22.2 Å². The van der Waals surface area contributed by atoms with Crippen LogP contribution >= 0.6 is 0 Å². The quantitative estimate of drug-likeness (QED) is 0.852. The Balaban J connectivity index is 2.46. The fourth-order valence-corrected chi connectivity index (χ4v) is 2.93. The molecule has 0 unspecified atom stereocenters. The topological polar surface area (TPSA) is 85.1 Å². The number of rotatable bonds is 3. The Morgan fingerprint density at radius 2 is 1.86 bits per heavy atom. The van der Waals surface area contributed by atoms with Crippen LogP contribution in [0, 0.1) is 25.5 Å². The number of aryl methyl sites for hydroxylation is 2. The molecule has 0 aliphatic heterocycles. The normalized spacial score (nSPS) is 11.4. The van der Waals surface area contributed by atoms with Crippen LogP contribution in [0.4, 0.5) is 20.3 Å². The van der Waals surface area contributed by atoms with Crippen molar-refractivity contribution in [2.45, 2.75) is 18.7 Å². The number of nitrogens with one attached hydrogen (secondary N) is 1. The number of pyridine rings is 1. The largest absolute Gasteiger partial charge is 0.394 e. The molecule has 0 aliphatic carbocycles. The van der Waals surface area contributed by atoms with E-state index in [0.29, 0.717) is 5.69 Å². The van der Waals surface area contributed by atoms with Gasteiger partial charge < -0.3 is 5.73 Å². The van der Waals surface area contributed by atoms with E-state index in [9.17, 15) is 17.2 Å². The van der Waals surface area contributed by atoms with Gasteiger partial charge in [-0.2, -0.15) is 0 Å². The molecule has 1 aromatic heterocycles. The fourth-order valence-electron chi connectivity index (χ4n) is 1.84. The summed E-state index contributed by atoms with van der Waals surface area (Å²) in [5, 5.41) is 0. The molecule has 0 saturated heterocycles. The number of hydrogen-bond donors (Lipinski definition) is 2. The number of nitrogen functional groups attached to an aromatic ring is 1. The summed E-state index contributed by atoms with van der Waals surface area (Å²) in [5.74, 6) is -2.29. The van der Waals surface area contributed by atoms with Crippen molar-refractivity contribution in [3.63, 3.8) is 0 Å². The number of hydrogen-bond acceptors (Lipinski definition) is 4. The summed E-state index contributed by atoms with van der Waals surface area (Å²) in [6.45, 7) is 3.46. The third-order valence-corrected chi connectivity index (χ3v) is 4.09. The van der Waals surface area contributed by atoms with Crippen LogP contribution in [-0.2, 0) is 10.0 Å². The lowest BCUT2D eigenvalue weighted by molar-refractivity contribution is 0.557. The van der Waals surface area contributed by atoms with E-state index in [1.54, 1.807) is 19.9 Å². The Hall–Kier alpha value is -2.22. The second-order valence-corrected chi connectivity index (χ2v) is 6.20. The molecule has 0 bridgehead atoms. The lowest BCUT2D eigenvalue weighted by Crippen LogP contribution is -2.17. The maximum atomic E-state index is 13.8. The minimum atomic E-state index is -4.25. The molecule has 2 rings (SSSR count). The first-order chi connectivity index (χ1) is 9.70. The van der Waals surface area contributed by atoms with Crippen LogP contribution in [0.25, 0.3) is 0 Å². The average Bonchev–Trinajstić information content (AvgIpc) is 2.33. The number of nitrogens with two attached hydrogens (primary N) is 1. The van der Waals surface area contributed by atoms with E-state index in [1.807, 2.05) is 0 Å². The summed E-state index contributed by atoms with van der Waals surface area (Å²) in [7, 11) is -4.25. The predicted molar refractivity (Wildman–Crippen MR) is 75.3 cm³/mol. The average molecular weight is 313 g/mol. The monoisotopic (exact) mass is 313 g/mol. The van der Waals surface area contributed by atoms with Crippen molar-refractivity contribution in [3.05, 3.63) is 47.2 Å². The van der Waals surface area contributed by atoms with Gasteiger partial charge in [0.15, 0.2) is 5.82 Å². The van der Waals surface area contributed by atoms with Crippen molar-refractivity contribution in [1.29, 1.82) is 0 Å². The lowest BCUT2D eigenvalue weighted by atomic mass is 10.2. The minimum Gasteiger partial charge on any atom is -0.394 e. The highest BCUT2D eigenvalue weighted by atomic mass is 32.2. The van der Waals surface area contributed by atoms with E-state index < -0.39 is 32.2 Å². The number of sulfonamides is 1. The van der Waals surface area contributed by atoms with Crippen LogP contribution in [0.2, 0.25) is 0 Å². The molecule has 112 valence electrons. The number of aromatic nitrogens is 1. The molecule has 2 aromatic rings. The predicted octanol–water partition coefficient (Wildman–Crippen LogP) is 2.36. The second-order valence-electron chi connectivity index (χ2n) is 4.55. The zero-order valence-corrected chi connectivity index (χ0v) is 12.1. The molecule has 0 atom stereocenters. The van der Waals surface area contributed by atoms with Crippen molar-refractivity contribution in [2.75, 3.05) is 10.5 Å². The molecule has 0 aliphatic rings. The Morgan fingerprint density at radius 3 is 2.48 bits per heavy atom. The van der Waals surface area contributed by atoms with Gasteiger partial charge in [-0.1, -0.05) is 0 Å². The first-order valence-corrected chi connectivity index (χ1v) is 7.40. The zero-order valence-electron chi connectivity index (χ0n) is 11.3. The van der Waals surface area contributed by atoms with E-state index >= 15 is 0 Å². The molecular weight excluding hydrogens is 300 g/mol. The van der Waals surface area contributed by atoms with Crippen molar-refractivity contribution in [3.8, 4) is 0 Å². The molecule has 0 radical (unpaired) electrons. The molecule has 8 heteroatoms. The molecular formula is C13H13F2N3O2S. The molecule has 3 N–H and O–H groups in total. The van der Waals surface area contributed by atoms with Crippen LogP contribution in [0.5, 0.6) is 0 Å². The highest BCUT2D eigenvalue weighted by Gasteiger charge is 2.23. The van der Waals surface area contributed by atoms with Crippen LogP contribution in [-0.4, -0.2) is 13.4 Å². The lowest BCUT2D eigenvalue weighted by Gasteiger charge is -2.10. The van der Waals surface area contributed by atoms with Crippen molar-refractivity contribution in [2.24, 2.45) is 0 Å². The van der Waals surface area contributed by atoms with Crippen LogP contribution < -0.4 is 10.5 Å². The summed E-state index contributed by atoms with van der Waals surface area (Å²) in [4.78, 5) is 3.26. The second kappa shape index (κ2) is 5.28. The summed E-state index contributed by atoms with van der Waals surface area (Å²) in [6, 6.07) is 4.86. The van der Waals surface area contributed by atoms with Crippen molar-refractivity contribution < 1.29 is 17.2 Å². The van der Waals surface area contributed by atoms with E-state index in [1.165, 1.54) is 6.07 Å². The fraction of sp³-hybridized carbons (Fsp3) is 0.154. The molecule has 1 heterocycles.